The third kappa shape index (κ3) is 5.53. The summed E-state index contributed by atoms with van der Waals surface area (Å²) in [6, 6.07) is 0.675. The largest absolute Gasteiger partial charge is 0.314 e. The molecule has 1 rings (SSSR count). The standard InChI is InChI=1S/C13H28N2/c1-4-9-14-12(2)8-10-15(3)11-13-6-5-7-13/h12-14H,4-11H2,1-3H3. The van der Waals surface area contributed by atoms with Crippen molar-refractivity contribution in [2.24, 2.45) is 5.92 Å². The van der Waals surface area contributed by atoms with Crippen molar-refractivity contribution in [2.75, 3.05) is 26.7 Å². The molecule has 2 heteroatoms. The third-order valence-electron chi connectivity index (χ3n) is 3.48. The van der Waals surface area contributed by atoms with Gasteiger partial charge in [-0.05, 0) is 58.7 Å². The summed E-state index contributed by atoms with van der Waals surface area (Å²) in [6.45, 7) is 8.25. The number of nitrogens with one attached hydrogen (secondary N) is 1. The predicted molar refractivity (Wildman–Crippen MR) is 67.2 cm³/mol. The van der Waals surface area contributed by atoms with E-state index < -0.39 is 0 Å². The van der Waals surface area contributed by atoms with Gasteiger partial charge in [0, 0.05) is 12.6 Å². The smallest absolute Gasteiger partial charge is 0.00508 e. The molecule has 1 atom stereocenters. The summed E-state index contributed by atoms with van der Waals surface area (Å²) in [5, 5.41) is 3.54. The highest BCUT2D eigenvalue weighted by Crippen LogP contribution is 2.26. The second-order valence-electron chi connectivity index (χ2n) is 5.20. The molecule has 0 radical (unpaired) electrons. The van der Waals surface area contributed by atoms with Crippen LogP contribution in [0.2, 0.25) is 0 Å². The zero-order valence-corrected chi connectivity index (χ0v) is 10.8. The van der Waals surface area contributed by atoms with E-state index in [0.717, 1.165) is 12.5 Å². The van der Waals surface area contributed by atoms with Crippen LogP contribution in [0.1, 0.15) is 46.0 Å². The maximum absolute atomic E-state index is 3.54. The summed E-state index contributed by atoms with van der Waals surface area (Å²) >= 11 is 0. The number of hydrogen-bond donors (Lipinski definition) is 1. The molecule has 0 bridgehead atoms. The Hall–Kier alpha value is -0.0800. The first kappa shape index (κ1) is 13.0. The first-order chi connectivity index (χ1) is 7.22. The van der Waals surface area contributed by atoms with Gasteiger partial charge in [-0.15, -0.1) is 0 Å². The van der Waals surface area contributed by atoms with Crippen LogP contribution in [0.15, 0.2) is 0 Å². The van der Waals surface area contributed by atoms with Crippen molar-refractivity contribution in [3.05, 3.63) is 0 Å². The number of rotatable bonds is 8. The van der Waals surface area contributed by atoms with Crippen LogP contribution in [0, 0.1) is 5.92 Å². The van der Waals surface area contributed by atoms with Gasteiger partial charge in [0.05, 0.1) is 0 Å². The second-order valence-corrected chi connectivity index (χ2v) is 5.20. The quantitative estimate of drug-likeness (QED) is 0.665. The first-order valence-corrected chi connectivity index (χ1v) is 6.64. The summed E-state index contributed by atoms with van der Waals surface area (Å²) in [5.41, 5.74) is 0. The fourth-order valence-corrected chi connectivity index (χ4v) is 2.11. The molecule has 1 N–H and O–H groups in total. The van der Waals surface area contributed by atoms with E-state index in [1.165, 1.54) is 45.2 Å². The topological polar surface area (TPSA) is 15.3 Å². The van der Waals surface area contributed by atoms with Crippen LogP contribution in [-0.4, -0.2) is 37.6 Å². The van der Waals surface area contributed by atoms with Crippen molar-refractivity contribution in [1.29, 1.82) is 0 Å². The predicted octanol–water partition coefficient (Wildman–Crippen LogP) is 2.50. The Kier molecular flexibility index (Phi) is 6.26. The Morgan fingerprint density at radius 1 is 1.40 bits per heavy atom. The van der Waals surface area contributed by atoms with Crippen molar-refractivity contribution in [3.63, 3.8) is 0 Å². The molecule has 15 heavy (non-hydrogen) atoms. The lowest BCUT2D eigenvalue weighted by Crippen LogP contribution is -2.34. The summed E-state index contributed by atoms with van der Waals surface area (Å²) < 4.78 is 0. The summed E-state index contributed by atoms with van der Waals surface area (Å²) in [7, 11) is 2.27. The van der Waals surface area contributed by atoms with Crippen molar-refractivity contribution in [2.45, 2.75) is 52.0 Å². The van der Waals surface area contributed by atoms with Gasteiger partial charge in [-0.3, -0.25) is 0 Å². The van der Waals surface area contributed by atoms with E-state index in [-0.39, 0.29) is 0 Å². The molecule has 0 aromatic heterocycles. The van der Waals surface area contributed by atoms with Crippen molar-refractivity contribution in [3.8, 4) is 0 Å². The fourth-order valence-electron chi connectivity index (χ4n) is 2.11. The average Bonchev–Trinajstić information content (AvgIpc) is 2.17. The number of nitrogens with zero attached hydrogens (tertiary/aromatic N) is 1. The molecule has 0 aliphatic heterocycles. The van der Waals surface area contributed by atoms with E-state index >= 15 is 0 Å². The molecule has 0 saturated heterocycles. The van der Waals surface area contributed by atoms with E-state index in [2.05, 4.69) is 31.1 Å². The average molecular weight is 212 g/mol. The Morgan fingerprint density at radius 2 is 2.13 bits per heavy atom. The zero-order chi connectivity index (χ0) is 11.1. The van der Waals surface area contributed by atoms with Crippen molar-refractivity contribution >= 4 is 0 Å². The Labute approximate surface area is 95.4 Å². The Morgan fingerprint density at radius 3 is 2.67 bits per heavy atom. The highest BCUT2D eigenvalue weighted by atomic mass is 15.1. The van der Waals surface area contributed by atoms with Gasteiger partial charge in [-0.1, -0.05) is 13.3 Å². The molecule has 1 aliphatic rings. The van der Waals surface area contributed by atoms with Crippen LogP contribution in [0.5, 0.6) is 0 Å². The lowest BCUT2D eigenvalue weighted by Gasteiger charge is -2.30. The second kappa shape index (κ2) is 7.24. The maximum atomic E-state index is 3.54. The third-order valence-corrected chi connectivity index (χ3v) is 3.48. The normalized spacial score (nSPS) is 19.2. The minimum Gasteiger partial charge on any atom is -0.314 e. The molecule has 2 nitrogen and oxygen atoms in total. The minimum absolute atomic E-state index is 0.675. The minimum atomic E-state index is 0.675. The molecule has 0 amide bonds. The highest BCUT2D eigenvalue weighted by Gasteiger charge is 2.18. The summed E-state index contributed by atoms with van der Waals surface area (Å²) in [5.74, 6) is 1.01. The lowest BCUT2D eigenvalue weighted by molar-refractivity contribution is 0.200. The van der Waals surface area contributed by atoms with Gasteiger partial charge in [-0.25, -0.2) is 0 Å². The van der Waals surface area contributed by atoms with Gasteiger partial charge in [-0.2, -0.15) is 0 Å². The molecule has 1 unspecified atom stereocenters. The lowest BCUT2D eigenvalue weighted by atomic mass is 9.85. The monoisotopic (exact) mass is 212 g/mol. The van der Waals surface area contributed by atoms with E-state index in [1.54, 1.807) is 0 Å². The van der Waals surface area contributed by atoms with Crippen molar-refractivity contribution < 1.29 is 0 Å². The van der Waals surface area contributed by atoms with Crippen molar-refractivity contribution in [1.82, 2.24) is 10.2 Å². The molecular formula is C13H28N2. The van der Waals surface area contributed by atoms with Gasteiger partial charge in [0.1, 0.15) is 0 Å². The van der Waals surface area contributed by atoms with Crippen LogP contribution in [0.3, 0.4) is 0 Å². The van der Waals surface area contributed by atoms with E-state index in [9.17, 15) is 0 Å². The van der Waals surface area contributed by atoms with Crippen LogP contribution in [-0.2, 0) is 0 Å². The molecular weight excluding hydrogens is 184 g/mol. The maximum Gasteiger partial charge on any atom is 0.00508 e. The molecule has 0 spiro atoms. The first-order valence-electron chi connectivity index (χ1n) is 6.64. The molecule has 0 aromatic carbocycles. The van der Waals surface area contributed by atoms with Crippen LogP contribution >= 0.6 is 0 Å². The molecule has 1 saturated carbocycles. The molecule has 1 fully saturated rings. The Bertz CT molecular complexity index is 155. The SMILES string of the molecule is CCCNC(C)CCN(C)CC1CCC1. The fraction of sp³-hybridized carbons (Fsp3) is 1.00. The molecule has 0 heterocycles. The molecule has 1 aliphatic carbocycles. The van der Waals surface area contributed by atoms with Crippen LogP contribution < -0.4 is 5.32 Å². The van der Waals surface area contributed by atoms with Gasteiger partial charge < -0.3 is 10.2 Å². The molecule has 90 valence electrons. The van der Waals surface area contributed by atoms with Gasteiger partial charge in [0.25, 0.3) is 0 Å². The number of hydrogen-bond acceptors (Lipinski definition) is 2. The van der Waals surface area contributed by atoms with E-state index in [0.29, 0.717) is 6.04 Å². The Balaban J connectivity index is 1.96. The van der Waals surface area contributed by atoms with Gasteiger partial charge in [0.15, 0.2) is 0 Å². The highest BCUT2D eigenvalue weighted by molar-refractivity contribution is 4.73. The molecule has 0 aromatic rings. The van der Waals surface area contributed by atoms with Gasteiger partial charge in [0.2, 0.25) is 0 Å². The van der Waals surface area contributed by atoms with E-state index in [4.69, 9.17) is 0 Å². The summed E-state index contributed by atoms with van der Waals surface area (Å²) in [4.78, 5) is 2.51. The zero-order valence-electron chi connectivity index (χ0n) is 10.8. The van der Waals surface area contributed by atoms with Gasteiger partial charge >= 0.3 is 0 Å². The van der Waals surface area contributed by atoms with Crippen LogP contribution in [0.4, 0.5) is 0 Å². The van der Waals surface area contributed by atoms with E-state index in [1.807, 2.05) is 0 Å². The summed E-state index contributed by atoms with van der Waals surface area (Å²) in [6.07, 6.45) is 6.92. The van der Waals surface area contributed by atoms with Crippen LogP contribution in [0.25, 0.3) is 0 Å².